The number of hydrogen-bond donors (Lipinski definition) is 1. The van der Waals surface area contributed by atoms with Crippen molar-refractivity contribution < 1.29 is 0 Å². The maximum Gasteiger partial charge on any atom is 0.146 e. The number of hydrazone groups is 1. The monoisotopic (exact) mass is 204 g/mol. The molecule has 1 N–H and O–H groups in total. The highest BCUT2D eigenvalue weighted by atomic mass is 15.3. The maximum atomic E-state index is 4.37. The van der Waals surface area contributed by atoms with E-state index in [2.05, 4.69) is 27.5 Å². The van der Waals surface area contributed by atoms with Gasteiger partial charge in [-0.1, -0.05) is 6.07 Å². The fraction of sp³-hybridized carbons (Fsp3) is 0.455. The first-order chi connectivity index (χ1) is 7.34. The minimum atomic E-state index is 0.809. The van der Waals surface area contributed by atoms with Crippen LogP contribution >= 0.6 is 0 Å². The van der Waals surface area contributed by atoms with Crippen LogP contribution in [-0.4, -0.2) is 35.7 Å². The molecule has 4 heteroatoms. The van der Waals surface area contributed by atoms with E-state index in [-0.39, 0.29) is 0 Å². The summed E-state index contributed by atoms with van der Waals surface area (Å²) in [5.74, 6) is 0.809. The van der Waals surface area contributed by atoms with E-state index in [4.69, 9.17) is 0 Å². The van der Waals surface area contributed by atoms with Crippen molar-refractivity contribution in [2.24, 2.45) is 5.10 Å². The van der Waals surface area contributed by atoms with Crippen LogP contribution in [0.3, 0.4) is 0 Å². The van der Waals surface area contributed by atoms with Gasteiger partial charge in [0.1, 0.15) is 5.82 Å². The topological polar surface area (TPSA) is 40.5 Å². The van der Waals surface area contributed by atoms with Crippen molar-refractivity contribution in [2.75, 3.05) is 25.6 Å². The van der Waals surface area contributed by atoms with Crippen LogP contribution < -0.4 is 5.43 Å². The lowest BCUT2D eigenvalue weighted by Crippen LogP contribution is -2.30. The molecule has 0 radical (unpaired) electrons. The average Bonchev–Trinajstić information content (AvgIpc) is 2.30. The number of piperidine rings is 1. The number of hydrogen-bond acceptors (Lipinski definition) is 4. The van der Waals surface area contributed by atoms with Crippen molar-refractivity contribution in [3.63, 3.8) is 0 Å². The molecule has 1 saturated heterocycles. The summed E-state index contributed by atoms with van der Waals surface area (Å²) in [4.78, 5) is 6.47. The number of anilines is 1. The van der Waals surface area contributed by atoms with E-state index < -0.39 is 0 Å². The summed E-state index contributed by atoms with van der Waals surface area (Å²) in [6.45, 7) is 2.20. The molecule has 1 aliphatic rings. The van der Waals surface area contributed by atoms with Crippen molar-refractivity contribution in [3.8, 4) is 0 Å². The van der Waals surface area contributed by atoms with Crippen molar-refractivity contribution in [3.05, 3.63) is 24.4 Å². The first kappa shape index (κ1) is 10.1. The Morgan fingerprint density at radius 3 is 2.80 bits per heavy atom. The molecule has 0 spiro atoms. The second kappa shape index (κ2) is 4.89. The Labute approximate surface area is 90.0 Å². The molecule has 0 unspecified atom stereocenters. The molecule has 1 aliphatic heterocycles. The Hall–Kier alpha value is -1.42. The third kappa shape index (κ3) is 3.02. The number of nitrogens with zero attached hydrogens (tertiary/aromatic N) is 3. The van der Waals surface area contributed by atoms with Crippen LogP contribution in [-0.2, 0) is 0 Å². The summed E-state index contributed by atoms with van der Waals surface area (Å²) < 4.78 is 0. The van der Waals surface area contributed by atoms with Crippen molar-refractivity contribution >= 4 is 11.5 Å². The summed E-state index contributed by atoms with van der Waals surface area (Å²) in [5, 5.41) is 4.37. The molecule has 0 aromatic carbocycles. The third-order valence-electron chi connectivity index (χ3n) is 2.56. The zero-order chi connectivity index (χ0) is 10.5. The van der Waals surface area contributed by atoms with Gasteiger partial charge in [0.15, 0.2) is 0 Å². The zero-order valence-corrected chi connectivity index (χ0v) is 8.98. The highest BCUT2D eigenvalue weighted by molar-refractivity contribution is 5.86. The van der Waals surface area contributed by atoms with Gasteiger partial charge in [-0.2, -0.15) is 5.10 Å². The number of pyridine rings is 1. The number of rotatable bonds is 2. The summed E-state index contributed by atoms with van der Waals surface area (Å²) in [5.41, 5.74) is 4.22. The van der Waals surface area contributed by atoms with Crippen molar-refractivity contribution in [1.29, 1.82) is 0 Å². The second-order valence-electron chi connectivity index (χ2n) is 3.81. The third-order valence-corrected chi connectivity index (χ3v) is 2.56. The predicted molar refractivity (Wildman–Crippen MR) is 62.0 cm³/mol. The summed E-state index contributed by atoms with van der Waals surface area (Å²) in [6.07, 6.45) is 3.86. The van der Waals surface area contributed by atoms with Crippen LogP contribution in [0.1, 0.15) is 12.8 Å². The molecule has 1 aromatic heterocycles. The lowest BCUT2D eigenvalue weighted by atomic mass is 10.1. The molecule has 0 amide bonds. The van der Waals surface area contributed by atoms with E-state index in [0.29, 0.717) is 0 Å². The van der Waals surface area contributed by atoms with Crippen LogP contribution in [0.5, 0.6) is 0 Å². The Kier molecular flexibility index (Phi) is 3.29. The molecule has 1 aromatic rings. The fourth-order valence-corrected chi connectivity index (χ4v) is 1.55. The molecule has 2 rings (SSSR count). The molecular weight excluding hydrogens is 188 g/mol. The first-order valence-electron chi connectivity index (χ1n) is 5.25. The molecule has 1 fully saturated rings. The molecule has 0 saturated carbocycles. The lowest BCUT2D eigenvalue weighted by molar-refractivity contribution is 0.336. The molecule has 2 heterocycles. The fourth-order valence-electron chi connectivity index (χ4n) is 1.55. The van der Waals surface area contributed by atoms with Crippen LogP contribution in [0.25, 0.3) is 0 Å². The van der Waals surface area contributed by atoms with Crippen LogP contribution in [0.2, 0.25) is 0 Å². The van der Waals surface area contributed by atoms with Gasteiger partial charge in [0.05, 0.1) is 0 Å². The van der Waals surface area contributed by atoms with Gasteiger partial charge in [0.25, 0.3) is 0 Å². The number of nitrogens with one attached hydrogen (secondary N) is 1. The van der Waals surface area contributed by atoms with Gasteiger partial charge >= 0.3 is 0 Å². The van der Waals surface area contributed by atoms with E-state index >= 15 is 0 Å². The Morgan fingerprint density at radius 2 is 2.13 bits per heavy atom. The highest BCUT2D eigenvalue weighted by Crippen LogP contribution is 2.06. The first-order valence-corrected chi connectivity index (χ1v) is 5.25. The van der Waals surface area contributed by atoms with Crippen LogP contribution in [0.15, 0.2) is 29.5 Å². The van der Waals surface area contributed by atoms with E-state index in [9.17, 15) is 0 Å². The molecule has 0 bridgehead atoms. The number of likely N-dealkylation sites (tertiary alicyclic amines) is 1. The number of aromatic nitrogens is 1. The average molecular weight is 204 g/mol. The zero-order valence-electron chi connectivity index (χ0n) is 8.98. The van der Waals surface area contributed by atoms with Gasteiger partial charge in [-0.3, -0.25) is 5.43 Å². The largest absolute Gasteiger partial charge is 0.306 e. The van der Waals surface area contributed by atoms with Crippen LogP contribution in [0.4, 0.5) is 5.82 Å². The summed E-state index contributed by atoms with van der Waals surface area (Å²) >= 11 is 0. The normalized spacial score (nSPS) is 17.5. The Bertz CT molecular complexity index is 324. The second-order valence-corrected chi connectivity index (χ2v) is 3.81. The van der Waals surface area contributed by atoms with E-state index in [1.165, 1.54) is 5.71 Å². The van der Waals surface area contributed by atoms with Crippen molar-refractivity contribution in [1.82, 2.24) is 9.88 Å². The van der Waals surface area contributed by atoms with E-state index in [1.807, 2.05) is 18.2 Å². The smallest absolute Gasteiger partial charge is 0.146 e. The molecule has 80 valence electrons. The van der Waals surface area contributed by atoms with Gasteiger partial charge in [-0.05, 0) is 19.2 Å². The molecule has 0 aliphatic carbocycles. The van der Waals surface area contributed by atoms with E-state index in [1.54, 1.807) is 6.20 Å². The maximum absolute atomic E-state index is 4.37. The molecule has 15 heavy (non-hydrogen) atoms. The Morgan fingerprint density at radius 1 is 1.33 bits per heavy atom. The predicted octanol–water partition coefficient (Wildman–Crippen LogP) is 1.58. The van der Waals surface area contributed by atoms with Gasteiger partial charge in [-0.15, -0.1) is 0 Å². The Balaban J connectivity index is 1.89. The van der Waals surface area contributed by atoms with Crippen LogP contribution in [0, 0.1) is 0 Å². The molecule has 4 nitrogen and oxygen atoms in total. The van der Waals surface area contributed by atoms with Gasteiger partial charge in [0.2, 0.25) is 0 Å². The highest BCUT2D eigenvalue weighted by Gasteiger charge is 2.10. The SMILES string of the molecule is CN1CCC(=NNc2ccccn2)CC1. The lowest BCUT2D eigenvalue weighted by Gasteiger charge is -2.22. The summed E-state index contributed by atoms with van der Waals surface area (Å²) in [6, 6.07) is 5.76. The van der Waals surface area contributed by atoms with E-state index in [0.717, 1.165) is 31.7 Å². The minimum Gasteiger partial charge on any atom is -0.306 e. The van der Waals surface area contributed by atoms with Gasteiger partial charge in [0, 0.05) is 37.8 Å². The quantitative estimate of drug-likeness (QED) is 0.743. The van der Waals surface area contributed by atoms with Gasteiger partial charge < -0.3 is 4.90 Å². The summed E-state index contributed by atoms with van der Waals surface area (Å²) in [7, 11) is 2.14. The standard InChI is InChI=1S/C11H16N4/c1-15-8-5-10(6-9-15)13-14-11-4-2-3-7-12-11/h2-4,7H,5-6,8-9H2,1H3,(H,12,14). The molecule has 0 atom stereocenters. The molecular formula is C11H16N4. The minimum absolute atomic E-state index is 0.809. The van der Waals surface area contributed by atoms with Crippen molar-refractivity contribution in [2.45, 2.75) is 12.8 Å². The van der Waals surface area contributed by atoms with Gasteiger partial charge in [-0.25, -0.2) is 4.98 Å².